The third kappa shape index (κ3) is 2.27. The van der Waals surface area contributed by atoms with E-state index in [9.17, 15) is 4.79 Å². The third-order valence-electron chi connectivity index (χ3n) is 3.94. The number of nitrogens with two attached hydrogens (primary N) is 1. The molecule has 106 valence electrons. The number of piperidine rings is 1. The van der Waals surface area contributed by atoms with Gasteiger partial charge in [0.2, 0.25) is 0 Å². The van der Waals surface area contributed by atoms with Crippen molar-refractivity contribution in [2.24, 2.45) is 5.73 Å². The van der Waals surface area contributed by atoms with Gasteiger partial charge in [0, 0.05) is 25.0 Å². The molecule has 2 aromatic heterocycles. The second-order valence-electron chi connectivity index (χ2n) is 5.19. The van der Waals surface area contributed by atoms with Crippen LogP contribution in [0.1, 0.15) is 36.0 Å². The minimum absolute atomic E-state index is 0.0474. The number of carbonyl (C=O) groups excluding carboxylic acids is 1. The predicted octanol–water partition coefficient (Wildman–Crippen LogP) is 1.07. The van der Waals surface area contributed by atoms with Crippen LogP contribution in [-0.2, 0) is 0 Å². The predicted molar refractivity (Wildman–Crippen MR) is 75.3 cm³/mol. The van der Waals surface area contributed by atoms with Gasteiger partial charge < -0.3 is 10.6 Å². The van der Waals surface area contributed by atoms with Crippen LogP contribution >= 0.6 is 0 Å². The van der Waals surface area contributed by atoms with Crippen LogP contribution in [0.3, 0.4) is 0 Å². The Morgan fingerprint density at radius 3 is 3.15 bits per heavy atom. The maximum Gasteiger partial charge on any atom is 0.257 e. The van der Waals surface area contributed by atoms with E-state index in [-0.39, 0.29) is 11.9 Å². The first-order chi connectivity index (χ1) is 9.81. The number of rotatable bonds is 3. The van der Waals surface area contributed by atoms with Gasteiger partial charge in [-0.15, -0.1) is 0 Å². The molecule has 1 fully saturated rings. The van der Waals surface area contributed by atoms with E-state index >= 15 is 0 Å². The molecule has 0 saturated carbocycles. The molecule has 6 heteroatoms. The lowest BCUT2D eigenvalue weighted by molar-refractivity contribution is 0.0607. The second-order valence-corrected chi connectivity index (χ2v) is 5.19. The van der Waals surface area contributed by atoms with Gasteiger partial charge >= 0.3 is 0 Å². The van der Waals surface area contributed by atoms with Crippen LogP contribution in [0.4, 0.5) is 0 Å². The number of hydrogen-bond donors (Lipinski definition) is 1. The quantitative estimate of drug-likeness (QED) is 0.907. The molecule has 2 aromatic rings. The summed E-state index contributed by atoms with van der Waals surface area (Å²) in [6.07, 6.45) is 10.9. The monoisotopic (exact) mass is 273 g/mol. The van der Waals surface area contributed by atoms with E-state index in [0.717, 1.165) is 31.3 Å². The van der Waals surface area contributed by atoms with Crippen LogP contribution < -0.4 is 5.73 Å². The van der Waals surface area contributed by atoms with Crippen LogP contribution in [0.15, 0.2) is 24.8 Å². The molecule has 1 unspecified atom stereocenters. The molecular weight excluding hydrogens is 254 g/mol. The highest BCUT2D eigenvalue weighted by Crippen LogP contribution is 2.23. The fraction of sp³-hybridized carbons (Fsp3) is 0.500. The van der Waals surface area contributed by atoms with Crippen molar-refractivity contribution >= 4 is 11.4 Å². The lowest BCUT2D eigenvalue weighted by Gasteiger charge is -2.35. The molecule has 1 aliphatic heterocycles. The molecular formula is C14H19N5O. The van der Waals surface area contributed by atoms with Crippen LogP contribution in [0, 0.1) is 0 Å². The number of amides is 1. The highest BCUT2D eigenvalue weighted by molar-refractivity contribution is 6.00. The van der Waals surface area contributed by atoms with E-state index in [1.165, 1.54) is 6.42 Å². The second kappa shape index (κ2) is 5.58. The van der Waals surface area contributed by atoms with Gasteiger partial charge in [0.05, 0.1) is 23.5 Å². The smallest absolute Gasteiger partial charge is 0.257 e. The minimum atomic E-state index is 0.0474. The first-order valence-corrected chi connectivity index (χ1v) is 7.09. The highest BCUT2D eigenvalue weighted by atomic mass is 16.2. The first kappa shape index (κ1) is 13.1. The van der Waals surface area contributed by atoms with Crippen molar-refractivity contribution < 1.29 is 4.79 Å². The van der Waals surface area contributed by atoms with Crippen molar-refractivity contribution in [3.05, 3.63) is 30.4 Å². The van der Waals surface area contributed by atoms with Crippen molar-refractivity contribution in [3.8, 4) is 0 Å². The molecule has 0 radical (unpaired) electrons. The fourth-order valence-corrected chi connectivity index (χ4v) is 2.91. The summed E-state index contributed by atoms with van der Waals surface area (Å²) < 4.78 is 1.68. The Balaban J connectivity index is 1.90. The Labute approximate surface area is 117 Å². The molecule has 1 atom stereocenters. The van der Waals surface area contributed by atoms with E-state index in [1.54, 1.807) is 29.3 Å². The first-order valence-electron chi connectivity index (χ1n) is 7.09. The standard InChI is InChI=1S/C14H19N5O/c15-5-4-11-3-1-2-7-18(11)14(20)12-9-17-19-8-6-16-10-13(12)19/h6,8-11H,1-5,7,15H2. The number of fused-ring (bicyclic) bond motifs is 1. The molecule has 3 rings (SSSR count). The van der Waals surface area contributed by atoms with Gasteiger partial charge in [-0.1, -0.05) is 0 Å². The van der Waals surface area contributed by atoms with Crippen molar-refractivity contribution in [1.82, 2.24) is 19.5 Å². The molecule has 6 nitrogen and oxygen atoms in total. The SMILES string of the molecule is NCCC1CCCCN1C(=O)c1cnn2ccncc12. The molecule has 0 aliphatic carbocycles. The van der Waals surface area contributed by atoms with Crippen LogP contribution in [0.25, 0.3) is 5.52 Å². The Morgan fingerprint density at radius 2 is 2.30 bits per heavy atom. The Bertz CT molecular complexity index is 606. The van der Waals surface area contributed by atoms with E-state index in [0.29, 0.717) is 12.1 Å². The van der Waals surface area contributed by atoms with Crippen LogP contribution in [-0.4, -0.2) is 44.5 Å². The van der Waals surface area contributed by atoms with Gasteiger partial charge in [0.1, 0.15) is 0 Å². The molecule has 1 amide bonds. The largest absolute Gasteiger partial charge is 0.335 e. The van der Waals surface area contributed by atoms with Gasteiger partial charge in [0.15, 0.2) is 0 Å². The molecule has 2 N–H and O–H groups in total. The summed E-state index contributed by atoms with van der Waals surface area (Å²) in [6.45, 7) is 1.42. The highest BCUT2D eigenvalue weighted by Gasteiger charge is 2.28. The van der Waals surface area contributed by atoms with Gasteiger partial charge in [-0.2, -0.15) is 5.10 Å². The van der Waals surface area contributed by atoms with E-state index < -0.39 is 0 Å². The normalized spacial score (nSPS) is 19.4. The zero-order valence-corrected chi connectivity index (χ0v) is 11.4. The van der Waals surface area contributed by atoms with Crippen molar-refractivity contribution in [1.29, 1.82) is 0 Å². The zero-order valence-electron chi connectivity index (χ0n) is 11.4. The van der Waals surface area contributed by atoms with Gasteiger partial charge in [-0.3, -0.25) is 9.78 Å². The molecule has 0 spiro atoms. The van der Waals surface area contributed by atoms with Gasteiger partial charge in [-0.25, -0.2) is 4.52 Å². The van der Waals surface area contributed by atoms with Crippen LogP contribution in [0.2, 0.25) is 0 Å². The maximum absolute atomic E-state index is 12.8. The zero-order chi connectivity index (χ0) is 13.9. The number of carbonyl (C=O) groups is 1. The summed E-state index contributed by atoms with van der Waals surface area (Å²) in [7, 11) is 0. The third-order valence-corrected chi connectivity index (χ3v) is 3.94. The summed E-state index contributed by atoms with van der Waals surface area (Å²) in [5.41, 5.74) is 7.05. The van der Waals surface area contributed by atoms with Gasteiger partial charge in [-0.05, 0) is 32.2 Å². The fourth-order valence-electron chi connectivity index (χ4n) is 2.91. The van der Waals surface area contributed by atoms with Gasteiger partial charge in [0.25, 0.3) is 5.91 Å². The van der Waals surface area contributed by atoms with Crippen molar-refractivity contribution in [2.75, 3.05) is 13.1 Å². The Kier molecular flexibility index (Phi) is 3.64. The minimum Gasteiger partial charge on any atom is -0.335 e. The Hall–Kier alpha value is -1.95. The average molecular weight is 273 g/mol. The topological polar surface area (TPSA) is 76.5 Å². The summed E-state index contributed by atoms with van der Waals surface area (Å²) in [5.74, 6) is 0.0474. The molecule has 1 aliphatic rings. The lowest BCUT2D eigenvalue weighted by atomic mass is 9.98. The average Bonchev–Trinajstić information content (AvgIpc) is 2.91. The number of nitrogens with zero attached hydrogens (tertiary/aromatic N) is 4. The number of likely N-dealkylation sites (tertiary alicyclic amines) is 1. The molecule has 0 aromatic carbocycles. The van der Waals surface area contributed by atoms with E-state index in [2.05, 4.69) is 10.1 Å². The number of hydrogen-bond acceptors (Lipinski definition) is 4. The number of aromatic nitrogens is 3. The summed E-state index contributed by atoms with van der Waals surface area (Å²) in [6, 6.07) is 0.257. The molecule has 1 saturated heterocycles. The molecule has 0 bridgehead atoms. The van der Waals surface area contributed by atoms with Crippen LogP contribution in [0.5, 0.6) is 0 Å². The molecule has 3 heterocycles. The summed E-state index contributed by atoms with van der Waals surface area (Å²) in [5, 5.41) is 4.21. The molecule has 20 heavy (non-hydrogen) atoms. The van der Waals surface area contributed by atoms with Crippen molar-refractivity contribution in [3.63, 3.8) is 0 Å². The summed E-state index contributed by atoms with van der Waals surface area (Å²) in [4.78, 5) is 18.8. The maximum atomic E-state index is 12.8. The van der Waals surface area contributed by atoms with E-state index in [4.69, 9.17) is 5.73 Å². The lowest BCUT2D eigenvalue weighted by Crippen LogP contribution is -2.44. The summed E-state index contributed by atoms with van der Waals surface area (Å²) >= 11 is 0. The van der Waals surface area contributed by atoms with Crippen molar-refractivity contribution in [2.45, 2.75) is 31.7 Å². The Morgan fingerprint density at radius 1 is 1.40 bits per heavy atom. The van der Waals surface area contributed by atoms with E-state index in [1.807, 2.05) is 4.90 Å².